The minimum absolute atomic E-state index is 0.265. The number of hydrogen-bond donors (Lipinski definition) is 1. The van der Waals surface area contributed by atoms with Crippen LogP contribution in [0.25, 0.3) is 0 Å². The molecule has 0 radical (unpaired) electrons. The van der Waals surface area contributed by atoms with E-state index in [2.05, 4.69) is 0 Å². The molecule has 0 aliphatic heterocycles. The fraction of sp³-hybridized carbons (Fsp3) is 0.143. The topological polar surface area (TPSA) is 20.2 Å². The summed E-state index contributed by atoms with van der Waals surface area (Å²) in [7, 11) is 0. The molecule has 1 atom stereocenters. The van der Waals surface area contributed by atoms with E-state index in [1.54, 1.807) is 30.3 Å². The Morgan fingerprint density at radius 2 is 1.67 bits per heavy atom. The van der Waals surface area contributed by atoms with Gasteiger partial charge in [0.2, 0.25) is 0 Å². The molecule has 4 heteroatoms. The number of halogens is 3. The molecule has 1 nitrogen and oxygen atoms in total. The lowest BCUT2D eigenvalue weighted by Crippen LogP contribution is -2.03. The second-order valence-electron chi connectivity index (χ2n) is 3.99. The maximum atomic E-state index is 13.0. The fourth-order valence-corrected chi connectivity index (χ4v) is 2.47. The molecule has 2 rings (SSSR count). The van der Waals surface area contributed by atoms with Crippen molar-refractivity contribution in [3.05, 3.63) is 69.5 Å². The van der Waals surface area contributed by atoms with Gasteiger partial charge in [-0.1, -0.05) is 41.4 Å². The van der Waals surface area contributed by atoms with Crippen LogP contribution in [-0.4, -0.2) is 5.11 Å². The number of aliphatic hydroxyl groups excluding tert-OH is 1. The van der Waals surface area contributed by atoms with Gasteiger partial charge in [-0.3, -0.25) is 0 Å². The van der Waals surface area contributed by atoms with Crippen LogP contribution in [0.1, 0.15) is 17.2 Å². The smallest absolute Gasteiger partial charge is 0.123 e. The van der Waals surface area contributed by atoms with Crippen LogP contribution in [0, 0.1) is 5.82 Å². The van der Waals surface area contributed by atoms with Crippen LogP contribution >= 0.6 is 23.2 Å². The van der Waals surface area contributed by atoms with Crippen LogP contribution in [0.4, 0.5) is 4.39 Å². The largest absolute Gasteiger partial charge is 0.388 e. The van der Waals surface area contributed by atoms with E-state index in [4.69, 9.17) is 23.2 Å². The van der Waals surface area contributed by atoms with Gasteiger partial charge in [0.25, 0.3) is 0 Å². The van der Waals surface area contributed by atoms with Crippen molar-refractivity contribution >= 4 is 23.2 Å². The molecule has 1 N–H and O–H groups in total. The van der Waals surface area contributed by atoms with E-state index in [-0.39, 0.29) is 12.2 Å². The van der Waals surface area contributed by atoms with Crippen LogP contribution in [0.5, 0.6) is 0 Å². The lowest BCUT2D eigenvalue weighted by Gasteiger charge is -2.14. The van der Waals surface area contributed by atoms with Gasteiger partial charge < -0.3 is 5.11 Å². The van der Waals surface area contributed by atoms with Crippen molar-refractivity contribution in [3.63, 3.8) is 0 Å². The molecule has 0 spiro atoms. The van der Waals surface area contributed by atoms with Gasteiger partial charge in [-0.25, -0.2) is 4.39 Å². The summed E-state index contributed by atoms with van der Waals surface area (Å²) in [6.45, 7) is 0. The second kappa shape index (κ2) is 5.70. The Bertz CT molecular complexity index is 537. The highest BCUT2D eigenvalue weighted by Crippen LogP contribution is 2.32. The molecule has 18 heavy (non-hydrogen) atoms. The highest BCUT2D eigenvalue weighted by atomic mass is 35.5. The summed E-state index contributed by atoms with van der Waals surface area (Å²) in [5, 5.41) is 11.0. The van der Waals surface area contributed by atoms with Crippen LogP contribution in [0.15, 0.2) is 42.5 Å². The molecule has 0 amide bonds. The van der Waals surface area contributed by atoms with E-state index in [0.717, 1.165) is 0 Å². The fourth-order valence-electron chi connectivity index (χ4n) is 1.82. The third-order valence-electron chi connectivity index (χ3n) is 2.65. The van der Waals surface area contributed by atoms with Crippen molar-refractivity contribution in [1.29, 1.82) is 0 Å². The average Bonchev–Trinajstić information content (AvgIpc) is 2.28. The summed E-state index contributed by atoms with van der Waals surface area (Å²) < 4.78 is 13.0. The molecule has 1 unspecified atom stereocenters. The van der Waals surface area contributed by atoms with Crippen LogP contribution < -0.4 is 0 Å². The lowest BCUT2D eigenvalue weighted by molar-refractivity contribution is 0.178. The maximum Gasteiger partial charge on any atom is 0.123 e. The van der Waals surface area contributed by atoms with Gasteiger partial charge in [0, 0.05) is 22.0 Å². The second-order valence-corrected chi connectivity index (χ2v) is 4.80. The summed E-state index contributed by atoms with van der Waals surface area (Å²) in [5.41, 5.74) is 1.17. The summed E-state index contributed by atoms with van der Waals surface area (Å²) >= 11 is 12.0. The minimum Gasteiger partial charge on any atom is -0.388 e. The zero-order valence-corrected chi connectivity index (χ0v) is 10.9. The Hall–Kier alpha value is -1.09. The van der Waals surface area contributed by atoms with Gasteiger partial charge in [-0.15, -0.1) is 0 Å². The molecular formula is C14H11Cl2FO. The van der Waals surface area contributed by atoms with Gasteiger partial charge in [-0.05, 0) is 29.8 Å². The quantitative estimate of drug-likeness (QED) is 0.885. The van der Waals surface area contributed by atoms with Crippen molar-refractivity contribution < 1.29 is 9.50 Å². The molecule has 0 heterocycles. The first kappa shape index (κ1) is 13.3. The standard InChI is InChI=1S/C14H11Cl2FO/c15-11-5-2-6-12(16)14(11)13(18)8-9-3-1-4-10(17)7-9/h1-7,13,18H,8H2. The molecule has 0 saturated carbocycles. The maximum absolute atomic E-state index is 13.0. The van der Waals surface area contributed by atoms with E-state index in [1.807, 2.05) is 0 Å². The van der Waals surface area contributed by atoms with Crippen LogP contribution in [-0.2, 0) is 6.42 Å². The third kappa shape index (κ3) is 3.02. The van der Waals surface area contributed by atoms with E-state index < -0.39 is 6.10 Å². The monoisotopic (exact) mass is 284 g/mol. The summed E-state index contributed by atoms with van der Waals surface area (Å²) in [4.78, 5) is 0. The molecule has 0 fully saturated rings. The van der Waals surface area contributed by atoms with Crippen molar-refractivity contribution in [1.82, 2.24) is 0 Å². The third-order valence-corrected chi connectivity index (χ3v) is 3.31. The molecule has 94 valence electrons. The van der Waals surface area contributed by atoms with Crippen molar-refractivity contribution in [2.75, 3.05) is 0 Å². The number of rotatable bonds is 3. The zero-order valence-electron chi connectivity index (χ0n) is 9.41. The normalized spacial score (nSPS) is 12.4. The first-order valence-electron chi connectivity index (χ1n) is 5.44. The van der Waals surface area contributed by atoms with E-state index >= 15 is 0 Å². The number of aliphatic hydroxyl groups is 1. The molecule has 2 aromatic rings. The molecule has 0 aliphatic carbocycles. The Balaban J connectivity index is 2.25. The van der Waals surface area contributed by atoms with Gasteiger partial charge >= 0.3 is 0 Å². The van der Waals surface area contributed by atoms with Gasteiger partial charge in [0.15, 0.2) is 0 Å². The van der Waals surface area contributed by atoms with Crippen molar-refractivity contribution in [2.24, 2.45) is 0 Å². The molecule has 0 saturated heterocycles. The van der Waals surface area contributed by atoms with Crippen LogP contribution in [0.2, 0.25) is 10.0 Å². The van der Waals surface area contributed by atoms with Gasteiger partial charge in [0.1, 0.15) is 5.82 Å². The first-order valence-corrected chi connectivity index (χ1v) is 6.20. The molecule has 2 aromatic carbocycles. The molecule has 0 bridgehead atoms. The summed E-state index contributed by atoms with van der Waals surface area (Å²) in [6.07, 6.45) is -0.589. The molecule has 0 aliphatic rings. The van der Waals surface area contributed by atoms with Gasteiger partial charge in [0.05, 0.1) is 6.10 Å². The highest BCUT2D eigenvalue weighted by molar-refractivity contribution is 6.36. The SMILES string of the molecule is OC(Cc1cccc(F)c1)c1c(Cl)cccc1Cl. The predicted molar refractivity (Wildman–Crippen MR) is 71.5 cm³/mol. The molecule has 0 aromatic heterocycles. The van der Waals surface area contributed by atoms with E-state index in [0.29, 0.717) is 21.2 Å². The predicted octanol–water partition coefficient (Wildman–Crippen LogP) is 4.41. The zero-order chi connectivity index (χ0) is 13.1. The number of benzene rings is 2. The lowest BCUT2D eigenvalue weighted by atomic mass is 10.0. The summed E-state index contributed by atoms with van der Waals surface area (Å²) in [5.74, 6) is -0.329. The van der Waals surface area contributed by atoms with Crippen molar-refractivity contribution in [3.8, 4) is 0 Å². The van der Waals surface area contributed by atoms with Crippen LogP contribution in [0.3, 0.4) is 0 Å². The Labute approximate surface area is 115 Å². The van der Waals surface area contributed by atoms with Crippen molar-refractivity contribution in [2.45, 2.75) is 12.5 Å². The average molecular weight is 285 g/mol. The molecular weight excluding hydrogens is 274 g/mol. The van der Waals surface area contributed by atoms with E-state index in [1.165, 1.54) is 12.1 Å². The minimum atomic E-state index is -0.854. The van der Waals surface area contributed by atoms with Gasteiger partial charge in [-0.2, -0.15) is 0 Å². The highest BCUT2D eigenvalue weighted by Gasteiger charge is 2.16. The number of hydrogen-bond acceptors (Lipinski definition) is 1. The van der Waals surface area contributed by atoms with E-state index in [9.17, 15) is 9.50 Å². The first-order chi connectivity index (χ1) is 8.58. The summed E-state index contributed by atoms with van der Waals surface area (Å²) in [6, 6.07) is 11.1. The Kier molecular flexibility index (Phi) is 4.23. The Morgan fingerprint density at radius 1 is 1.06 bits per heavy atom. The Morgan fingerprint density at radius 3 is 2.28 bits per heavy atom.